The second kappa shape index (κ2) is 4.67. The maximum Gasteiger partial charge on any atom is 0.269 e. The van der Waals surface area contributed by atoms with Gasteiger partial charge in [0, 0.05) is 29.5 Å². The van der Waals surface area contributed by atoms with Crippen LogP contribution in [0.1, 0.15) is 10.4 Å². The second-order valence-electron chi connectivity index (χ2n) is 4.32. The first kappa shape index (κ1) is 12.7. The van der Waals surface area contributed by atoms with E-state index in [9.17, 15) is 14.9 Å². The Morgan fingerprint density at radius 3 is 2.62 bits per heavy atom. The van der Waals surface area contributed by atoms with E-state index in [-0.39, 0.29) is 11.5 Å². The number of rotatable bonds is 3. The Bertz CT molecular complexity index is 854. The molecule has 0 spiro atoms. The summed E-state index contributed by atoms with van der Waals surface area (Å²) < 4.78 is 1.46. The van der Waals surface area contributed by atoms with E-state index in [1.807, 2.05) is 0 Å². The van der Waals surface area contributed by atoms with Crippen LogP contribution < -0.4 is 5.73 Å². The molecule has 0 atom stereocenters. The van der Waals surface area contributed by atoms with Crippen LogP contribution in [0.2, 0.25) is 0 Å². The number of fused-ring (bicyclic) bond motifs is 1. The highest BCUT2D eigenvalue weighted by Gasteiger charge is 2.17. The van der Waals surface area contributed by atoms with Crippen molar-refractivity contribution in [1.82, 2.24) is 14.6 Å². The van der Waals surface area contributed by atoms with E-state index in [4.69, 9.17) is 5.73 Å². The smallest absolute Gasteiger partial charge is 0.269 e. The highest BCUT2D eigenvalue weighted by Crippen LogP contribution is 2.32. The Kier molecular flexibility index (Phi) is 2.83. The molecule has 0 bridgehead atoms. The van der Waals surface area contributed by atoms with E-state index in [2.05, 4.69) is 10.1 Å². The van der Waals surface area contributed by atoms with Gasteiger partial charge in [0.1, 0.15) is 11.8 Å². The molecule has 2 aromatic heterocycles. The standard InChI is InChI=1S/C13H9N5O3/c14-13-12-11(8-1-3-10(4-2-8)18(20)21)9(6-19)5-17(12)16-7-15-13/h1-7H,(H2,14,15,16). The van der Waals surface area contributed by atoms with E-state index >= 15 is 0 Å². The SMILES string of the molecule is Nc1ncnn2cc(C=O)c(-c3ccc([N+](=O)[O-])cc3)c12. The van der Waals surface area contributed by atoms with Crippen LogP contribution >= 0.6 is 0 Å². The Morgan fingerprint density at radius 1 is 1.29 bits per heavy atom. The minimum absolute atomic E-state index is 0.0286. The van der Waals surface area contributed by atoms with Crippen molar-refractivity contribution in [2.24, 2.45) is 0 Å². The fourth-order valence-corrected chi connectivity index (χ4v) is 2.20. The first-order chi connectivity index (χ1) is 10.1. The zero-order chi connectivity index (χ0) is 15.0. The van der Waals surface area contributed by atoms with Gasteiger partial charge < -0.3 is 5.73 Å². The minimum Gasteiger partial charge on any atom is -0.382 e. The lowest BCUT2D eigenvalue weighted by Crippen LogP contribution is -1.98. The Morgan fingerprint density at radius 2 is 2.00 bits per heavy atom. The molecule has 3 rings (SSSR count). The van der Waals surface area contributed by atoms with E-state index in [1.54, 1.807) is 12.1 Å². The van der Waals surface area contributed by atoms with Gasteiger partial charge in [-0.3, -0.25) is 14.9 Å². The molecule has 0 aliphatic carbocycles. The molecule has 8 nitrogen and oxygen atoms in total. The van der Waals surface area contributed by atoms with Crippen LogP contribution in [0.3, 0.4) is 0 Å². The largest absolute Gasteiger partial charge is 0.382 e. The van der Waals surface area contributed by atoms with Crippen molar-refractivity contribution in [3.8, 4) is 11.1 Å². The van der Waals surface area contributed by atoms with E-state index in [0.29, 0.717) is 28.5 Å². The molecular formula is C13H9N5O3. The number of nitro benzene ring substituents is 1. The number of nitrogens with two attached hydrogens (primary N) is 1. The molecule has 0 saturated carbocycles. The summed E-state index contributed by atoms with van der Waals surface area (Å²) in [5, 5.41) is 14.7. The average Bonchev–Trinajstić information content (AvgIpc) is 2.87. The predicted octanol–water partition coefficient (Wildman–Crippen LogP) is 1.70. The zero-order valence-corrected chi connectivity index (χ0v) is 10.6. The molecule has 1 aromatic carbocycles. The molecule has 8 heteroatoms. The summed E-state index contributed by atoms with van der Waals surface area (Å²) in [6.07, 6.45) is 3.51. The molecule has 0 aliphatic rings. The monoisotopic (exact) mass is 283 g/mol. The van der Waals surface area contributed by atoms with Gasteiger partial charge >= 0.3 is 0 Å². The van der Waals surface area contributed by atoms with Crippen LogP contribution in [-0.4, -0.2) is 25.8 Å². The third-order valence-electron chi connectivity index (χ3n) is 3.13. The lowest BCUT2D eigenvalue weighted by atomic mass is 10.0. The molecule has 0 amide bonds. The number of nitrogens with zero attached hydrogens (tertiary/aromatic N) is 4. The number of carbonyl (C=O) groups is 1. The van der Waals surface area contributed by atoms with Crippen LogP contribution in [0, 0.1) is 10.1 Å². The van der Waals surface area contributed by atoms with Gasteiger partial charge in [-0.05, 0) is 17.7 Å². The highest BCUT2D eigenvalue weighted by molar-refractivity contribution is 5.99. The Labute approximate surface area is 118 Å². The van der Waals surface area contributed by atoms with Crippen molar-refractivity contribution in [2.45, 2.75) is 0 Å². The number of aldehydes is 1. The molecular weight excluding hydrogens is 274 g/mol. The van der Waals surface area contributed by atoms with Gasteiger partial charge in [0.2, 0.25) is 0 Å². The van der Waals surface area contributed by atoms with Crippen LogP contribution in [0.15, 0.2) is 36.8 Å². The number of non-ortho nitro benzene ring substituents is 1. The molecule has 3 aromatic rings. The number of aromatic nitrogens is 3. The summed E-state index contributed by atoms with van der Waals surface area (Å²) in [6, 6.07) is 5.86. The van der Waals surface area contributed by atoms with Crippen LogP contribution in [0.25, 0.3) is 16.6 Å². The summed E-state index contributed by atoms with van der Waals surface area (Å²) in [7, 11) is 0. The van der Waals surface area contributed by atoms with Gasteiger partial charge in [-0.2, -0.15) is 5.10 Å². The van der Waals surface area contributed by atoms with E-state index < -0.39 is 4.92 Å². The maximum atomic E-state index is 11.2. The number of carbonyl (C=O) groups excluding carboxylic acids is 1. The minimum atomic E-state index is -0.486. The van der Waals surface area contributed by atoms with Gasteiger partial charge in [-0.15, -0.1) is 0 Å². The fourth-order valence-electron chi connectivity index (χ4n) is 2.20. The fraction of sp³-hybridized carbons (Fsp3) is 0. The molecule has 0 saturated heterocycles. The van der Waals surface area contributed by atoms with Crippen molar-refractivity contribution >= 4 is 23.3 Å². The lowest BCUT2D eigenvalue weighted by Gasteiger charge is -2.03. The summed E-state index contributed by atoms with van der Waals surface area (Å²) in [5.41, 5.74) is 7.88. The van der Waals surface area contributed by atoms with Crippen molar-refractivity contribution in [1.29, 1.82) is 0 Å². The molecule has 0 fully saturated rings. The summed E-state index contributed by atoms with van der Waals surface area (Å²) >= 11 is 0. The molecule has 104 valence electrons. The normalized spacial score (nSPS) is 10.7. The number of hydrogen-bond donors (Lipinski definition) is 1. The molecule has 2 N–H and O–H groups in total. The highest BCUT2D eigenvalue weighted by atomic mass is 16.6. The van der Waals surface area contributed by atoms with Crippen LogP contribution in [0.4, 0.5) is 11.5 Å². The second-order valence-corrected chi connectivity index (χ2v) is 4.32. The van der Waals surface area contributed by atoms with Gasteiger partial charge in [-0.25, -0.2) is 9.50 Å². The van der Waals surface area contributed by atoms with Crippen molar-refractivity contribution in [2.75, 3.05) is 5.73 Å². The zero-order valence-electron chi connectivity index (χ0n) is 10.6. The third-order valence-corrected chi connectivity index (χ3v) is 3.13. The third kappa shape index (κ3) is 1.98. The van der Waals surface area contributed by atoms with Gasteiger partial charge in [0.05, 0.1) is 4.92 Å². The lowest BCUT2D eigenvalue weighted by molar-refractivity contribution is -0.384. The van der Waals surface area contributed by atoms with Gasteiger partial charge in [-0.1, -0.05) is 0 Å². The molecule has 0 aliphatic heterocycles. The van der Waals surface area contributed by atoms with Crippen LogP contribution in [0.5, 0.6) is 0 Å². The average molecular weight is 283 g/mol. The Balaban J connectivity index is 2.28. The van der Waals surface area contributed by atoms with E-state index in [1.165, 1.54) is 29.2 Å². The van der Waals surface area contributed by atoms with E-state index in [0.717, 1.165) is 0 Å². The first-order valence-corrected chi connectivity index (χ1v) is 5.93. The van der Waals surface area contributed by atoms with Crippen LogP contribution in [-0.2, 0) is 0 Å². The maximum absolute atomic E-state index is 11.2. The van der Waals surface area contributed by atoms with Crippen molar-refractivity contribution in [3.05, 3.63) is 52.5 Å². The number of benzene rings is 1. The van der Waals surface area contributed by atoms with Gasteiger partial charge in [0.25, 0.3) is 5.69 Å². The summed E-state index contributed by atoms with van der Waals surface area (Å²) in [5.74, 6) is 0.228. The van der Waals surface area contributed by atoms with Crippen molar-refractivity contribution in [3.63, 3.8) is 0 Å². The summed E-state index contributed by atoms with van der Waals surface area (Å²) in [6.45, 7) is 0. The number of anilines is 1. The van der Waals surface area contributed by atoms with Crippen molar-refractivity contribution < 1.29 is 9.72 Å². The number of hydrogen-bond acceptors (Lipinski definition) is 6. The Hall–Kier alpha value is -3.29. The molecule has 2 heterocycles. The topological polar surface area (TPSA) is 116 Å². The number of nitrogen functional groups attached to an aromatic ring is 1. The van der Waals surface area contributed by atoms with Gasteiger partial charge in [0.15, 0.2) is 12.1 Å². The quantitative estimate of drug-likeness (QED) is 0.444. The number of nitro groups is 1. The summed E-state index contributed by atoms with van der Waals surface area (Å²) in [4.78, 5) is 25.4. The molecule has 0 unspecified atom stereocenters. The molecule has 0 radical (unpaired) electrons. The molecule has 21 heavy (non-hydrogen) atoms. The predicted molar refractivity (Wildman–Crippen MR) is 74.9 cm³/mol. The first-order valence-electron chi connectivity index (χ1n) is 5.93.